The molecule has 0 spiro atoms. The van der Waals surface area contributed by atoms with Gasteiger partial charge in [0.2, 0.25) is 0 Å². The van der Waals surface area contributed by atoms with E-state index in [1.807, 2.05) is 18.4 Å². The molecule has 3 aromatic rings. The van der Waals surface area contributed by atoms with Crippen molar-refractivity contribution in [1.82, 2.24) is 4.98 Å². The number of benzene rings is 2. The number of hydrogen-bond donors (Lipinski definition) is 1. The number of rotatable bonds is 5. The van der Waals surface area contributed by atoms with Gasteiger partial charge in [0, 0.05) is 21.7 Å². The Hall–Kier alpha value is -2.15. The number of anilines is 1. The van der Waals surface area contributed by atoms with Crippen LogP contribution in [0.5, 0.6) is 0 Å². The Morgan fingerprint density at radius 2 is 1.92 bits per heavy atom. The van der Waals surface area contributed by atoms with E-state index in [1.54, 1.807) is 53.8 Å². The smallest absolute Gasteiger partial charge is 0.255 e. The van der Waals surface area contributed by atoms with Gasteiger partial charge in [-0.1, -0.05) is 35.9 Å². The summed E-state index contributed by atoms with van der Waals surface area (Å²) in [7, 11) is -3.62. The molecule has 3 rings (SSSR count). The minimum atomic E-state index is -3.62. The molecule has 0 bridgehead atoms. The van der Waals surface area contributed by atoms with Gasteiger partial charge in [0.15, 0.2) is 0 Å². The molecule has 7 heteroatoms. The lowest BCUT2D eigenvalue weighted by molar-refractivity contribution is 0.609. The van der Waals surface area contributed by atoms with E-state index in [4.69, 9.17) is 11.6 Å². The highest BCUT2D eigenvalue weighted by Crippen LogP contribution is 2.24. The average Bonchev–Trinajstić information content (AvgIpc) is 3.01. The molecule has 0 saturated carbocycles. The molecule has 0 atom stereocenters. The molecule has 0 saturated heterocycles. The fourth-order valence-corrected chi connectivity index (χ4v) is 3.79. The van der Waals surface area contributed by atoms with Gasteiger partial charge < -0.3 is 0 Å². The maximum Gasteiger partial charge on any atom is 0.255 e. The number of nitrogens with zero attached hydrogens (tertiary/aromatic N) is 1. The van der Waals surface area contributed by atoms with E-state index in [2.05, 4.69) is 9.71 Å². The molecule has 1 heterocycles. The third kappa shape index (κ3) is 4.92. The Morgan fingerprint density at radius 1 is 1.16 bits per heavy atom. The van der Waals surface area contributed by atoms with Crippen LogP contribution in [0.4, 0.5) is 5.69 Å². The standard InChI is InChI=1S/C18H15ClN2O2S2/c1-13-20-18(12-24-13)15-3-2-4-17(11-15)21-25(22,23)10-9-14-5-7-16(19)8-6-14/h2-12,21H,1H3/b10-9+. The minimum absolute atomic E-state index is 0.490. The van der Waals surface area contributed by atoms with Gasteiger partial charge in [-0.25, -0.2) is 13.4 Å². The molecule has 0 aliphatic carbocycles. The van der Waals surface area contributed by atoms with Gasteiger partial charge in [0.25, 0.3) is 10.0 Å². The minimum Gasteiger partial charge on any atom is -0.280 e. The van der Waals surface area contributed by atoms with Gasteiger partial charge in [-0.15, -0.1) is 11.3 Å². The van der Waals surface area contributed by atoms with Crippen LogP contribution < -0.4 is 4.72 Å². The van der Waals surface area contributed by atoms with Gasteiger partial charge in [-0.2, -0.15) is 0 Å². The molecule has 0 unspecified atom stereocenters. The molecule has 25 heavy (non-hydrogen) atoms. The zero-order valence-corrected chi connectivity index (χ0v) is 15.7. The number of halogens is 1. The Morgan fingerprint density at radius 3 is 2.60 bits per heavy atom. The van der Waals surface area contributed by atoms with Gasteiger partial charge in [0.1, 0.15) is 0 Å². The summed E-state index contributed by atoms with van der Waals surface area (Å²) in [6, 6.07) is 14.1. The van der Waals surface area contributed by atoms with E-state index in [0.717, 1.165) is 27.2 Å². The molecule has 0 amide bonds. The van der Waals surface area contributed by atoms with Crippen LogP contribution in [0, 0.1) is 6.92 Å². The summed E-state index contributed by atoms with van der Waals surface area (Å²) in [5.41, 5.74) is 2.94. The van der Waals surface area contributed by atoms with Crippen molar-refractivity contribution in [1.29, 1.82) is 0 Å². The Labute approximate surface area is 155 Å². The van der Waals surface area contributed by atoms with Crippen molar-refractivity contribution >= 4 is 44.7 Å². The van der Waals surface area contributed by atoms with Crippen LogP contribution in [0.1, 0.15) is 10.6 Å². The fraction of sp³-hybridized carbons (Fsp3) is 0.0556. The van der Waals surface area contributed by atoms with Crippen molar-refractivity contribution in [3.05, 3.63) is 74.9 Å². The number of hydrogen-bond acceptors (Lipinski definition) is 4. The number of nitrogens with one attached hydrogen (secondary N) is 1. The maximum atomic E-state index is 12.3. The third-order valence-electron chi connectivity index (χ3n) is 3.35. The van der Waals surface area contributed by atoms with Crippen molar-refractivity contribution in [2.45, 2.75) is 6.92 Å². The summed E-state index contributed by atoms with van der Waals surface area (Å²) in [6.07, 6.45) is 1.52. The van der Waals surface area contributed by atoms with Crippen LogP contribution in [-0.4, -0.2) is 13.4 Å². The molecule has 128 valence electrons. The number of thiazole rings is 1. The second kappa shape index (κ2) is 7.39. The molecule has 0 aliphatic heterocycles. The van der Waals surface area contributed by atoms with Crippen LogP contribution in [0.3, 0.4) is 0 Å². The Balaban J connectivity index is 1.77. The average molecular weight is 391 g/mol. The van der Waals surface area contributed by atoms with Crippen molar-refractivity contribution in [2.24, 2.45) is 0 Å². The van der Waals surface area contributed by atoms with Crippen LogP contribution in [0.25, 0.3) is 17.3 Å². The topological polar surface area (TPSA) is 59.1 Å². The molecule has 4 nitrogen and oxygen atoms in total. The summed E-state index contributed by atoms with van der Waals surface area (Å²) in [5, 5.41) is 4.65. The van der Waals surface area contributed by atoms with E-state index in [-0.39, 0.29) is 0 Å². The lowest BCUT2D eigenvalue weighted by atomic mass is 10.1. The van der Waals surface area contributed by atoms with E-state index in [1.165, 1.54) is 6.08 Å². The van der Waals surface area contributed by atoms with Crippen molar-refractivity contribution < 1.29 is 8.42 Å². The SMILES string of the molecule is Cc1nc(-c2cccc(NS(=O)(=O)/C=C/c3ccc(Cl)cc3)c2)cs1. The summed E-state index contributed by atoms with van der Waals surface area (Å²) < 4.78 is 27.1. The normalized spacial score (nSPS) is 11.8. The van der Waals surface area contributed by atoms with Crippen LogP contribution in [-0.2, 0) is 10.0 Å². The first-order valence-corrected chi connectivity index (χ1v) is 10.2. The monoisotopic (exact) mass is 390 g/mol. The largest absolute Gasteiger partial charge is 0.280 e. The van der Waals surface area contributed by atoms with Crippen molar-refractivity contribution in [2.75, 3.05) is 4.72 Å². The number of aryl methyl sites for hydroxylation is 1. The zero-order chi connectivity index (χ0) is 17.9. The first-order chi connectivity index (χ1) is 11.9. The molecule has 2 aromatic carbocycles. The van der Waals surface area contributed by atoms with Crippen molar-refractivity contribution in [3.8, 4) is 11.3 Å². The molecular formula is C18H15ClN2O2S2. The second-order valence-electron chi connectivity index (χ2n) is 5.33. The van der Waals surface area contributed by atoms with E-state index >= 15 is 0 Å². The molecule has 0 fully saturated rings. The Kier molecular flexibility index (Phi) is 5.22. The summed E-state index contributed by atoms with van der Waals surface area (Å²) in [5.74, 6) is 0. The lowest BCUT2D eigenvalue weighted by Gasteiger charge is -2.06. The van der Waals surface area contributed by atoms with Crippen LogP contribution >= 0.6 is 22.9 Å². The number of sulfonamides is 1. The molecule has 1 aromatic heterocycles. The van der Waals surface area contributed by atoms with Gasteiger partial charge in [-0.05, 0) is 42.8 Å². The fourth-order valence-electron chi connectivity index (χ4n) is 2.18. The maximum absolute atomic E-state index is 12.3. The lowest BCUT2D eigenvalue weighted by Crippen LogP contribution is -2.08. The van der Waals surface area contributed by atoms with Gasteiger partial charge in [-0.3, -0.25) is 4.72 Å². The molecule has 0 radical (unpaired) electrons. The Bertz CT molecular complexity index is 1010. The van der Waals surface area contributed by atoms with E-state index < -0.39 is 10.0 Å². The van der Waals surface area contributed by atoms with Crippen molar-refractivity contribution in [3.63, 3.8) is 0 Å². The highest BCUT2D eigenvalue weighted by molar-refractivity contribution is 7.95. The van der Waals surface area contributed by atoms with Gasteiger partial charge >= 0.3 is 0 Å². The predicted octanol–water partition coefficient (Wildman–Crippen LogP) is 5.18. The first kappa shape index (κ1) is 17.7. The summed E-state index contributed by atoms with van der Waals surface area (Å²) >= 11 is 7.37. The predicted molar refractivity (Wildman–Crippen MR) is 105 cm³/mol. The summed E-state index contributed by atoms with van der Waals surface area (Å²) in [6.45, 7) is 1.93. The number of aromatic nitrogens is 1. The highest BCUT2D eigenvalue weighted by atomic mass is 35.5. The quantitative estimate of drug-likeness (QED) is 0.652. The molecular weight excluding hydrogens is 376 g/mol. The van der Waals surface area contributed by atoms with Crippen LogP contribution in [0.15, 0.2) is 59.3 Å². The molecule has 0 aliphatic rings. The third-order valence-corrected chi connectivity index (χ3v) is 5.39. The molecule has 1 N–H and O–H groups in total. The zero-order valence-electron chi connectivity index (χ0n) is 13.3. The van der Waals surface area contributed by atoms with Gasteiger partial charge in [0.05, 0.1) is 16.1 Å². The summed E-state index contributed by atoms with van der Waals surface area (Å²) in [4.78, 5) is 4.42. The van der Waals surface area contributed by atoms with E-state index in [9.17, 15) is 8.42 Å². The van der Waals surface area contributed by atoms with E-state index in [0.29, 0.717) is 10.7 Å². The second-order valence-corrected chi connectivity index (χ2v) is 8.40. The first-order valence-electron chi connectivity index (χ1n) is 7.40. The highest BCUT2D eigenvalue weighted by Gasteiger charge is 2.08. The van der Waals surface area contributed by atoms with Crippen LogP contribution in [0.2, 0.25) is 5.02 Å².